The number of imidazole rings is 1. The van der Waals surface area contributed by atoms with E-state index < -0.39 is 11.7 Å². The quantitative estimate of drug-likeness (QED) is 0.625. The first-order valence-electron chi connectivity index (χ1n) is 7.50. The number of halogens is 1. The molecule has 1 amide bonds. The third kappa shape index (κ3) is 2.83. The van der Waals surface area contributed by atoms with Crippen LogP contribution < -0.4 is 5.32 Å². The lowest BCUT2D eigenvalue weighted by Gasteiger charge is -2.12. The summed E-state index contributed by atoms with van der Waals surface area (Å²) in [6.45, 7) is 0. The zero-order chi connectivity index (χ0) is 17.2. The van der Waals surface area contributed by atoms with Crippen LogP contribution in [0.2, 0.25) is 0 Å². The van der Waals surface area contributed by atoms with Gasteiger partial charge in [-0.2, -0.15) is 0 Å². The molecule has 0 atom stereocenters. The molecule has 122 valence electrons. The molecule has 25 heavy (non-hydrogen) atoms. The minimum Gasteiger partial charge on any atom is -0.319 e. The number of carbonyl (C=O) groups is 1. The number of anilines is 1. The zero-order valence-electron chi connectivity index (χ0n) is 12.9. The first kappa shape index (κ1) is 14.9. The number of carbonyl (C=O) groups excluding carboxylic acids is 1. The van der Waals surface area contributed by atoms with E-state index in [9.17, 15) is 9.18 Å². The van der Waals surface area contributed by atoms with Gasteiger partial charge in [0.05, 0.1) is 35.0 Å². The van der Waals surface area contributed by atoms with Gasteiger partial charge in [-0.25, -0.2) is 9.37 Å². The molecule has 0 saturated heterocycles. The van der Waals surface area contributed by atoms with Gasteiger partial charge in [-0.3, -0.25) is 14.8 Å². The number of aromatic nitrogens is 4. The van der Waals surface area contributed by atoms with E-state index in [1.165, 1.54) is 18.3 Å². The lowest BCUT2D eigenvalue weighted by Crippen LogP contribution is -2.15. The molecular weight excluding hydrogens is 321 g/mol. The Hall–Kier alpha value is -3.61. The Morgan fingerprint density at radius 1 is 1.12 bits per heavy atom. The number of fused-ring (bicyclic) bond motifs is 1. The van der Waals surface area contributed by atoms with Gasteiger partial charge in [-0.15, -0.1) is 0 Å². The minimum atomic E-state index is -0.494. The van der Waals surface area contributed by atoms with Crippen LogP contribution >= 0.6 is 0 Å². The van der Waals surface area contributed by atoms with Crippen LogP contribution in [0.25, 0.3) is 16.6 Å². The molecule has 3 heterocycles. The molecule has 0 aliphatic rings. The maximum Gasteiger partial charge on any atom is 0.258 e. The van der Waals surface area contributed by atoms with Crippen molar-refractivity contribution >= 4 is 22.5 Å². The van der Waals surface area contributed by atoms with Crippen molar-refractivity contribution in [2.24, 2.45) is 0 Å². The number of amides is 1. The molecule has 0 aliphatic heterocycles. The minimum absolute atomic E-state index is 0.163. The summed E-state index contributed by atoms with van der Waals surface area (Å²) in [5.41, 5.74) is 1.79. The van der Waals surface area contributed by atoms with Gasteiger partial charge in [0.15, 0.2) is 0 Å². The molecule has 4 aromatic rings. The summed E-state index contributed by atoms with van der Waals surface area (Å²) in [4.78, 5) is 25.0. The SMILES string of the molecule is O=C(Nc1cnccc1-n1ccnc1)c1cc(F)cc2cccnc12. The molecule has 0 unspecified atom stereocenters. The molecule has 4 rings (SSSR count). The molecule has 0 fully saturated rings. The van der Waals surface area contributed by atoms with Gasteiger partial charge < -0.3 is 9.88 Å². The number of nitrogens with one attached hydrogen (secondary N) is 1. The van der Waals surface area contributed by atoms with E-state index in [-0.39, 0.29) is 5.56 Å². The van der Waals surface area contributed by atoms with Crippen molar-refractivity contribution in [1.82, 2.24) is 19.5 Å². The number of hydrogen-bond acceptors (Lipinski definition) is 4. The number of hydrogen-bond donors (Lipinski definition) is 1. The van der Waals surface area contributed by atoms with Crippen molar-refractivity contribution in [1.29, 1.82) is 0 Å². The zero-order valence-corrected chi connectivity index (χ0v) is 12.9. The van der Waals surface area contributed by atoms with Crippen molar-refractivity contribution in [3.63, 3.8) is 0 Å². The Balaban J connectivity index is 1.75. The average Bonchev–Trinajstić information content (AvgIpc) is 3.16. The highest BCUT2D eigenvalue weighted by Gasteiger charge is 2.15. The maximum absolute atomic E-state index is 13.9. The molecule has 3 aromatic heterocycles. The highest BCUT2D eigenvalue weighted by molar-refractivity contribution is 6.12. The van der Waals surface area contributed by atoms with Crippen molar-refractivity contribution in [3.05, 3.63) is 79.0 Å². The highest BCUT2D eigenvalue weighted by atomic mass is 19.1. The molecule has 0 aliphatic carbocycles. The standard InChI is InChI=1S/C18H12FN5O/c19-13-8-12-2-1-4-22-17(12)14(9-13)18(25)23-15-10-20-5-3-16(15)24-7-6-21-11-24/h1-11H,(H,23,25). The van der Waals surface area contributed by atoms with Gasteiger partial charge in [0.25, 0.3) is 5.91 Å². The van der Waals surface area contributed by atoms with Gasteiger partial charge in [0, 0.05) is 30.2 Å². The third-order valence-electron chi connectivity index (χ3n) is 3.74. The van der Waals surface area contributed by atoms with E-state index in [0.29, 0.717) is 22.3 Å². The van der Waals surface area contributed by atoms with Gasteiger partial charge in [0.2, 0.25) is 0 Å². The summed E-state index contributed by atoms with van der Waals surface area (Å²) in [7, 11) is 0. The Labute approximate surface area is 142 Å². The third-order valence-corrected chi connectivity index (χ3v) is 3.74. The molecule has 1 aromatic carbocycles. The molecule has 0 bridgehead atoms. The monoisotopic (exact) mass is 333 g/mol. The second-order valence-electron chi connectivity index (χ2n) is 5.35. The van der Waals surface area contributed by atoms with Crippen LogP contribution in [0.4, 0.5) is 10.1 Å². The summed E-state index contributed by atoms with van der Waals surface area (Å²) in [6, 6.07) is 7.68. The van der Waals surface area contributed by atoms with Crippen molar-refractivity contribution < 1.29 is 9.18 Å². The Kier molecular flexibility index (Phi) is 3.66. The van der Waals surface area contributed by atoms with Gasteiger partial charge in [-0.05, 0) is 24.3 Å². The van der Waals surface area contributed by atoms with E-state index in [1.807, 2.05) is 0 Å². The predicted octanol–water partition coefficient (Wildman–Crippen LogP) is 3.21. The normalized spacial score (nSPS) is 10.8. The van der Waals surface area contributed by atoms with Crippen LogP contribution in [0, 0.1) is 5.82 Å². The predicted molar refractivity (Wildman–Crippen MR) is 91.0 cm³/mol. The fourth-order valence-electron chi connectivity index (χ4n) is 2.63. The highest BCUT2D eigenvalue weighted by Crippen LogP contribution is 2.22. The fraction of sp³-hybridized carbons (Fsp3) is 0. The summed E-state index contributed by atoms with van der Waals surface area (Å²) in [6.07, 6.45) is 9.72. The van der Waals surface area contributed by atoms with E-state index in [1.54, 1.807) is 53.9 Å². The van der Waals surface area contributed by atoms with E-state index >= 15 is 0 Å². The van der Waals surface area contributed by atoms with Crippen LogP contribution in [-0.4, -0.2) is 25.4 Å². The summed E-state index contributed by atoms with van der Waals surface area (Å²) in [5.74, 6) is -0.954. The Bertz CT molecular complexity index is 1060. The number of nitrogens with zero attached hydrogens (tertiary/aromatic N) is 4. The molecule has 0 spiro atoms. The molecule has 0 saturated carbocycles. The Morgan fingerprint density at radius 3 is 2.88 bits per heavy atom. The summed E-state index contributed by atoms with van der Waals surface area (Å²) in [5, 5.41) is 3.34. The van der Waals surface area contributed by atoms with Crippen LogP contribution in [-0.2, 0) is 0 Å². The lowest BCUT2D eigenvalue weighted by atomic mass is 10.1. The first-order valence-corrected chi connectivity index (χ1v) is 7.50. The second kappa shape index (κ2) is 6.12. The average molecular weight is 333 g/mol. The van der Waals surface area contributed by atoms with Gasteiger partial charge >= 0.3 is 0 Å². The lowest BCUT2D eigenvalue weighted by molar-refractivity contribution is 0.102. The number of pyridine rings is 2. The molecule has 0 radical (unpaired) electrons. The molecular formula is C18H12FN5O. The maximum atomic E-state index is 13.9. The molecule has 1 N–H and O–H groups in total. The van der Waals surface area contributed by atoms with Crippen molar-refractivity contribution in [2.75, 3.05) is 5.32 Å². The van der Waals surface area contributed by atoms with Crippen LogP contribution in [0.3, 0.4) is 0 Å². The molecule has 6 nitrogen and oxygen atoms in total. The van der Waals surface area contributed by atoms with Crippen molar-refractivity contribution in [2.45, 2.75) is 0 Å². The van der Waals surface area contributed by atoms with Gasteiger partial charge in [0.1, 0.15) is 5.82 Å². The second-order valence-corrected chi connectivity index (χ2v) is 5.35. The first-order chi connectivity index (χ1) is 12.2. The molecule has 7 heteroatoms. The topological polar surface area (TPSA) is 72.7 Å². The summed E-state index contributed by atoms with van der Waals surface area (Å²) >= 11 is 0. The van der Waals surface area contributed by atoms with Crippen LogP contribution in [0.15, 0.2) is 67.6 Å². The number of rotatable bonds is 3. The smallest absolute Gasteiger partial charge is 0.258 e. The largest absolute Gasteiger partial charge is 0.319 e. The fourth-order valence-corrected chi connectivity index (χ4v) is 2.63. The van der Waals surface area contributed by atoms with Crippen molar-refractivity contribution in [3.8, 4) is 5.69 Å². The van der Waals surface area contributed by atoms with Crippen LogP contribution in [0.1, 0.15) is 10.4 Å². The van der Waals surface area contributed by atoms with Crippen LogP contribution in [0.5, 0.6) is 0 Å². The number of benzene rings is 1. The van der Waals surface area contributed by atoms with Gasteiger partial charge in [-0.1, -0.05) is 6.07 Å². The summed E-state index contributed by atoms with van der Waals surface area (Å²) < 4.78 is 15.6. The van der Waals surface area contributed by atoms with E-state index in [2.05, 4.69) is 20.3 Å². The van der Waals surface area contributed by atoms with E-state index in [4.69, 9.17) is 0 Å². The van der Waals surface area contributed by atoms with E-state index in [0.717, 1.165) is 0 Å². The Morgan fingerprint density at radius 2 is 2.04 bits per heavy atom.